The summed E-state index contributed by atoms with van der Waals surface area (Å²) in [6.45, 7) is 0. The zero-order chi connectivity index (χ0) is 23.4. The van der Waals surface area contributed by atoms with E-state index < -0.39 is 17.3 Å². The second kappa shape index (κ2) is 7.71. The van der Waals surface area contributed by atoms with Gasteiger partial charge in [-0.1, -0.05) is 48.0 Å². The highest BCUT2D eigenvalue weighted by Gasteiger charge is 2.34. The molecule has 7 heteroatoms. The number of nitrogens with zero attached hydrogens (tertiary/aromatic N) is 1. The van der Waals surface area contributed by atoms with Gasteiger partial charge in [0.1, 0.15) is 28.7 Å². The lowest BCUT2D eigenvalue weighted by Crippen LogP contribution is -2.22. The number of aromatic nitrogens is 1. The Bertz CT molecular complexity index is 1670. The summed E-state index contributed by atoms with van der Waals surface area (Å²) in [5.41, 5.74) is 2.78. The molecule has 0 aliphatic carbocycles. The second-order valence-electron chi connectivity index (χ2n) is 8.15. The molecule has 6 rings (SSSR count). The molecule has 0 spiro atoms. The van der Waals surface area contributed by atoms with Crippen molar-refractivity contribution in [1.82, 2.24) is 4.98 Å². The SMILES string of the molecule is O=C1C[C@@H](c2cccc3cccnc23)c2c(cc(O)c3c(=O)c(-c4ccc(Cl)cc4)coc23)O1. The third-order valence-corrected chi connectivity index (χ3v) is 6.42. The van der Waals surface area contributed by atoms with Gasteiger partial charge in [-0.3, -0.25) is 14.6 Å². The Hall–Kier alpha value is -4.16. The topological polar surface area (TPSA) is 89.6 Å². The molecule has 0 amide bonds. The zero-order valence-electron chi connectivity index (χ0n) is 17.6. The van der Waals surface area contributed by atoms with Gasteiger partial charge in [0, 0.05) is 34.2 Å². The van der Waals surface area contributed by atoms with Crippen LogP contribution in [0, 0.1) is 0 Å². The first-order chi connectivity index (χ1) is 16.5. The number of benzene rings is 3. The average Bonchev–Trinajstić information content (AvgIpc) is 2.84. The molecule has 1 aliphatic heterocycles. The van der Waals surface area contributed by atoms with Crippen LogP contribution >= 0.6 is 11.6 Å². The lowest BCUT2D eigenvalue weighted by atomic mass is 9.84. The van der Waals surface area contributed by atoms with E-state index in [4.69, 9.17) is 20.8 Å². The number of hydrogen-bond acceptors (Lipinski definition) is 6. The molecule has 0 bridgehead atoms. The maximum atomic E-state index is 13.5. The molecule has 0 saturated heterocycles. The monoisotopic (exact) mass is 469 g/mol. The van der Waals surface area contributed by atoms with Gasteiger partial charge in [0.05, 0.1) is 17.5 Å². The van der Waals surface area contributed by atoms with Gasteiger partial charge in [0.15, 0.2) is 0 Å². The van der Waals surface area contributed by atoms with Crippen molar-refractivity contribution in [3.63, 3.8) is 0 Å². The van der Waals surface area contributed by atoms with Gasteiger partial charge in [0.25, 0.3) is 0 Å². The summed E-state index contributed by atoms with van der Waals surface area (Å²) in [6.07, 6.45) is 3.11. The maximum Gasteiger partial charge on any atom is 0.312 e. The Balaban J connectivity index is 1.64. The fraction of sp³-hybridized carbons (Fsp3) is 0.0741. The van der Waals surface area contributed by atoms with E-state index in [0.29, 0.717) is 16.1 Å². The molecule has 34 heavy (non-hydrogen) atoms. The van der Waals surface area contributed by atoms with Gasteiger partial charge in [-0.25, -0.2) is 0 Å². The van der Waals surface area contributed by atoms with E-state index in [1.54, 1.807) is 30.5 Å². The number of carbonyl (C=O) groups excluding carboxylic acids is 1. The highest BCUT2D eigenvalue weighted by atomic mass is 35.5. The fourth-order valence-corrected chi connectivity index (χ4v) is 4.76. The molecule has 3 aromatic carbocycles. The molecule has 0 radical (unpaired) electrons. The number of pyridine rings is 1. The van der Waals surface area contributed by atoms with Crippen LogP contribution in [0.25, 0.3) is 33.0 Å². The molecule has 6 nitrogen and oxygen atoms in total. The number of para-hydroxylation sites is 1. The van der Waals surface area contributed by atoms with Crippen LogP contribution in [0.4, 0.5) is 0 Å². The smallest absolute Gasteiger partial charge is 0.312 e. The third-order valence-electron chi connectivity index (χ3n) is 6.17. The van der Waals surface area contributed by atoms with E-state index in [1.807, 2.05) is 30.3 Å². The zero-order valence-corrected chi connectivity index (χ0v) is 18.4. The number of phenols is 1. The molecular formula is C27H16ClNO5. The van der Waals surface area contributed by atoms with E-state index >= 15 is 0 Å². The van der Waals surface area contributed by atoms with Crippen molar-refractivity contribution in [1.29, 1.82) is 0 Å². The fourth-order valence-electron chi connectivity index (χ4n) is 4.64. The average molecular weight is 470 g/mol. The Labute approximate surface area is 198 Å². The van der Waals surface area contributed by atoms with Crippen LogP contribution in [-0.2, 0) is 4.79 Å². The molecule has 1 N–H and O–H groups in total. The predicted octanol–water partition coefficient (Wildman–Crippen LogP) is 5.81. The summed E-state index contributed by atoms with van der Waals surface area (Å²) in [7, 11) is 0. The quantitative estimate of drug-likeness (QED) is 0.259. The van der Waals surface area contributed by atoms with Gasteiger partial charge in [-0.05, 0) is 29.3 Å². The minimum Gasteiger partial charge on any atom is -0.507 e. The molecular weight excluding hydrogens is 454 g/mol. The summed E-state index contributed by atoms with van der Waals surface area (Å²) in [5.74, 6) is -1.06. The van der Waals surface area contributed by atoms with E-state index in [0.717, 1.165) is 16.5 Å². The minimum atomic E-state index is -0.470. The summed E-state index contributed by atoms with van der Waals surface area (Å²) < 4.78 is 11.4. The molecule has 1 aliphatic rings. The summed E-state index contributed by atoms with van der Waals surface area (Å²) in [6, 6.07) is 17.6. The van der Waals surface area contributed by atoms with Crippen molar-refractivity contribution >= 4 is 39.4 Å². The van der Waals surface area contributed by atoms with Crippen molar-refractivity contribution in [2.24, 2.45) is 0 Å². The van der Waals surface area contributed by atoms with Crippen LogP contribution in [0.3, 0.4) is 0 Å². The number of hydrogen-bond donors (Lipinski definition) is 1. The Morgan fingerprint density at radius 2 is 1.82 bits per heavy atom. The molecule has 166 valence electrons. The van der Waals surface area contributed by atoms with Gasteiger partial charge < -0.3 is 14.3 Å². The van der Waals surface area contributed by atoms with E-state index in [1.165, 1.54) is 12.3 Å². The van der Waals surface area contributed by atoms with E-state index in [9.17, 15) is 14.7 Å². The van der Waals surface area contributed by atoms with Gasteiger partial charge in [0.2, 0.25) is 5.43 Å². The van der Waals surface area contributed by atoms with Crippen molar-refractivity contribution in [3.05, 3.63) is 99.5 Å². The van der Waals surface area contributed by atoms with Gasteiger partial charge in [-0.15, -0.1) is 0 Å². The molecule has 0 unspecified atom stereocenters. The number of carbonyl (C=O) groups is 1. The molecule has 2 aromatic heterocycles. The lowest BCUT2D eigenvalue weighted by Gasteiger charge is -2.26. The number of rotatable bonds is 2. The first-order valence-corrected chi connectivity index (χ1v) is 11.0. The van der Waals surface area contributed by atoms with Crippen molar-refractivity contribution < 1.29 is 19.1 Å². The first-order valence-electron chi connectivity index (χ1n) is 10.6. The highest BCUT2D eigenvalue weighted by Crippen LogP contribution is 2.46. The Kier molecular flexibility index (Phi) is 4.64. The predicted molar refractivity (Wildman–Crippen MR) is 128 cm³/mol. The first kappa shape index (κ1) is 20.4. The molecule has 5 aromatic rings. The number of esters is 1. The molecule has 1 atom stereocenters. The van der Waals surface area contributed by atoms with Gasteiger partial charge >= 0.3 is 5.97 Å². The van der Waals surface area contributed by atoms with Crippen molar-refractivity contribution in [2.45, 2.75) is 12.3 Å². The summed E-state index contributed by atoms with van der Waals surface area (Å²) in [4.78, 5) is 30.5. The van der Waals surface area contributed by atoms with Crippen LogP contribution in [0.1, 0.15) is 23.5 Å². The summed E-state index contributed by atoms with van der Waals surface area (Å²) in [5, 5.41) is 12.3. The van der Waals surface area contributed by atoms with Crippen LogP contribution in [0.2, 0.25) is 5.02 Å². The second-order valence-corrected chi connectivity index (χ2v) is 8.59. The van der Waals surface area contributed by atoms with Crippen LogP contribution < -0.4 is 10.2 Å². The lowest BCUT2D eigenvalue weighted by molar-refractivity contribution is -0.135. The standard InChI is InChI=1S/C27H16ClNO5/c28-16-8-6-14(7-9-16)19-13-33-27-23-18(17-5-1-3-15-4-2-10-29-25(15)17)11-22(31)34-21(23)12-20(30)24(27)26(19)32/h1-10,12-13,18,30H,11H2/t18-/m0/s1. The summed E-state index contributed by atoms with van der Waals surface area (Å²) >= 11 is 5.98. The molecule has 0 fully saturated rings. The normalized spacial score (nSPS) is 15.3. The van der Waals surface area contributed by atoms with E-state index in [2.05, 4.69) is 4.98 Å². The highest BCUT2D eigenvalue weighted by molar-refractivity contribution is 6.30. The van der Waals surface area contributed by atoms with Crippen LogP contribution in [0.5, 0.6) is 11.5 Å². The van der Waals surface area contributed by atoms with Crippen molar-refractivity contribution in [2.75, 3.05) is 0 Å². The Morgan fingerprint density at radius 1 is 1.03 bits per heavy atom. The largest absolute Gasteiger partial charge is 0.507 e. The number of ether oxygens (including phenoxy) is 1. The molecule has 0 saturated carbocycles. The van der Waals surface area contributed by atoms with E-state index in [-0.39, 0.29) is 34.5 Å². The Morgan fingerprint density at radius 3 is 2.65 bits per heavy atom. The maximum absolute atomic E-state index is 13.5. The number of halogens is 1. The van der Waals surface area contributed by atoms with Crippen molar-refractivity contribution in [3.8, 4) is 22.6 Å². The van der Waals surface area contributed by atoms with Gasteiger partial charge in [-0.2, -0.15) is 0 Å². The minimum absolute atomic E-state index is 0.0299. The van der Waals surface area contributed by atoms with Crippen LogP contribution in [-0.4, -0.2) is 16.1 Å². The number of aromatic hydroxyl groups is 1. The van der Waals surface area contributed by atoms with Crippen LogP contribution in [0.15, 0.2) is 82.3 Å². The number of fused-ring (bicyclic) bond motifs is 4. The third kappa shape index (κ3) is 3.15. The number of phenolic OH excluding ortho intramolecular Hbond substituents is 1. The molecule has 3 heterocycles.